The van der Waals surface area contributed by atoms with E-state index in [-0.39, 0.29) is 35.2 Å². The first-order chi connectivity index (χ1) is 12.8. The topological polar surface area (TPSA) is 86.8 Å². The van der Waals surface area contributed by atoms with Gasteiger partial charge >= 0.3 is 0 Å². The van der Waals surface area contributed by atoms with Crippen LogP contribution in [0.25, 0.3) is 0 Å². The molecule has 0 radical (unpaired) electrons. The van der Waals surface area contributed by atoms with Crippen LogP contribution in [0.5, 0.6) is 0 Å². The van der Waals surface area contributed by atoms with Gasteiger partial charge < -0.3 is 10.2 Å². The normalized spacial score (nSPS) is 21.7. The summed E-state index contributed by atoms with van der Waals surface area (Å²) >= 11 is 0. The van der Waals surface area contributed by atoms with Crippen LogP contribution in [0.4, 0.5) is 5.69 Å². The Morgan fingerprint density at radius 3 is 2.44 bits per heavy atom. The van der Waals surface area contributed by atoms with Gasteiger partial charge in [-0.05, 0) is 57.4 Å². The highest BCUT2D eigenvalue weighted by atomic mass is 32.2. The SMILES string of the molecule is CC(C)NC(=O)C1CCCN(S(=O)(=O)c2ccc(N3CCCC3=O)cc2)C1. The fourth-order valence-corrected chi connectivity index (χ4v) is 5.17. The maximum absolute atomic E-state index is 13.0. The molecule has 0 saturated carbocycles. The minimum absolute atomic E-state index is 0.0327. The third-order valence-electron chi connectivity index (χ3n) is 5.05. The Balaban J connectivity index is 1.73. The Morgan fingerprint density at radius 1 is 1.15 bits per heavy atom. The molecule has 27 heavy (non-hydrogen) atoms. The predicted octanol–water partition coefficient (Wildman–Crippen LogP) is 1.74. The van der Waals surface area contributed by atoms with Crippen LogP contribution in [-0.4, -0.2) is 50.2 Å². The quantitative estimate of drug-likeness (QED) is 0.826. The van der Waals surface area contributed by atoms with Crippen molar-refractivity contribution in [1.82, 2.24) is 9.62 Å². The number of amides is 2. The maximum Gasteiger partial charge on any atom is 0.243 e. The van der Waals surface area contributed by atoms with E-state index in [1.165, 1.54) is 4.31 Å². The number of carbonyl (C=O) groups is 2. The lowest BCUT2D eigenvalue weighted by Crippen LogP contribution is -2.46. The van der Waals surface area contributed by atoms with Gasteiger partial charge in [0.1, 0.15) is 0 Å². The third-order valence-corrected chi connectivity index (χ3v) is 6.92. The van der Waals surface area contributed by atoms with E-state index >= 15 is 0 Å². The van der Waals surface area contributed by atoms with Crippen molar-refractivity contribution >= 4 is 27.5 Å². The van der Waals surface area contributed by atoms with Crippen LogP contribution in [0, 0.1) is 5.92 Å². The lowest BCUT2D eigenvalue weighted by atomic mass is 9.98. The third kappa shape index (κ3) is 4.32. The molecule has 0 spiro atoms. The summed E-state index contributed by atoms with van der Waals surface area (Å²) in [5, 5.41) is 2.87. The Labute approximate surface area is 160 Å². The van der Waals surface area contributed by atoms with E-state index in [1.54, 1.807) is 29.2 Å². The van der Waals surface area contributed by atoms with Gasteiger partial charge in [0.05, 0.1) is 10.8 Å². The van der Waals surface area contributed by atoms with Gasteiger partial charge in [-0.3, -0.25) is 9.59 Å². The van der Waals surface area contributed by atoms with Crippen molar-refractivity contribution < 1.29 is 18.0 Å². The van der Waals surface area contributed by atoms with Gasteiger partial charge in [0, 0.05) is 37.8 Å². The molecule has 8 heteroatoms. The number of piperidine rings is 1. The molecule has 1 unspecified atom stereocenters. The zero-order valence-electron chi connectivity index (χ0n) is 15.8. The van der Waals surface area contributed by atoms with E-state index in [2.05, 4.69) is 5.32 Å². The molecule has 2 saturated heterocycles. The molecule has 2 amide bonds. The standard InChI is InChI=1S/C19H27N3O4S/c1-14(2)20-19(24)15-5-3-11-21(13-15)27(25,26)17-9-7-16(8-10-17)22-12-4-6-18(22)23/h7-10,14-15H,3-6,11-13H2,1-2H3,(H,20,24). The van der Waals surface area contributed by atoms with Gasteiger partial charge in [0.25, 0.3) is 0 Å². The highest BCUT2D eigenvalue weighted by Crippen LogP contribution is 2.27. The summed E-state index contributed by atoms with van der Waals surface area (Å²) in [7, 11) is -3.66. The monoisotopic (exact) mass is 393 g/mol. The number of hydrogen-bond donors (Lipinski definition) is 1. The van der Waals surface area contributed by atoms with E-state index in [4.69, 9.17) is 0 Å². The van der Waals surface area contributed by atoms with Crippen LogP contribution in [0.3, 0.4) is 0 Å². The first-order valence-electron chi connectivity index (χ1n) is 9.50. The lowest BCUT2D eigenvalue weighted by Gasteiger charge is -2.31. The number of nitrogens with one attached hydrogen (secondary N) is 1. The molecular formula is C19H27N3O4S. The van der Waals surface area contributed by atoms with Crippen LogP contribution < -0.4 is 10.2 Å². The summed E-state index contributed by atoms with van der Waals surface area (Å²) < 4.78 is 27.4. The predicted molar refractivity (Wildman–Crippen MR) is 103 cm³/mol. The van der Waals surface area contributed by atoms with Crippen molar-refractivity contribution in [3.63, 3.8) is 0 Å². The minimum atomic E-state index is -3.66. The van der Waals surface area contributed by atoms with Crippen LogP contribution in [0.2, 0.25) is 0 Å². The second-order valence-electron chi connectivity index (χ2n) is 7.51. The smallest absolute Gasteiger partial charge is 0.243 e. The molecule has 0 bridgehead atoms. The average molecular weight is 394 g/mol. The Bertz CT molecular complexity index is 805. The van der Waals surface area contributed by atoms with Gasteiger partial charge in [-0.15, -0.1) is 0 Å². The molecule has 1 atom stereocenters. The number of rotatable bonds is 5. The Morgan fingerprint density at radius 2 is 1.85 bits per heavy atom. The minimum Gasteiger partial charge on any atom is -0.354 e. The number of carbonyl (C=O) groups excluding carboxylic acids is 2. The van der Waals surface area contributed by atoms with E-state index in [9.17, 15) is 18.0 Å². The first-order valence-corrected chi connectivity index (χ1v) is 10.9. The Hall–Kier alpha value is -1.93. The van der Waals surface area contributed by atoms with Crippen molar-refractivity contribution in [3.05, 3.63) is 24.3 Å². The molecule has 2 heterocycles. The van der Waals surface area contributed by atoms with E-state index in [0.717, 1.165) is 12.1 Å². The summed E-state index contributed by atoms with van der Waals surface area (Å²) in [5.74, 6) is -0.342. The Kier molecular flexibility index (Phi) is 5.86. The fourth-order valence-electron chi connectivity index (χ4n) is 3.65. The average Bonchev–Trinajstić information content (AvgIpc) is 3.07. The maximum atomic E-state index is 13.0. The van der Waals surface area contributed by atoms with Crippen molar-refractivity contribution in [2.75, 3.05) is 24.5 Å². The van der Waals surface area contributed by atoms with Gasteiger partial charge in [-0.1, -0.05) is 0 Å². The van der Waals surface area contributed by atoms with E-state index in [1.807, 2.05) is 13.8 Å². The molecule has 2 fully saturated rings. The van der Waals surface area contributed by atoms with E-state index in [0.29, 0.717) is 32.4 Å². The van der Waals surface area contributed by atoms with Crippen molar-refractivity contribution in [1.29, 1.82) is 0 Å². The summed E-state index contributed by atoms with van der Waals surface area (Å²) in [6.07, 6.45) is 2.72. The van der Waals surface area contributed by atoms with Crippen LogP contribution in [0.15, 0.2) is 29.2 Å². The van der Waals surface area contributed by atoms with Gasteiger partial charge in [0.15, 0.2) is 0 Å². The number of nitrogens with zero attached hydrogens (tertiary/aromatic N) is 2. The summed E-state index contributed by atoms with van der Waals surface area (Å²) in [6, 6.07) is 6.50. The number of benzene rings is 1. The molecule has 3 rings (SSSR count). The number of anilines is 1. The number of sulfonamides is 1. The van der Waals surface area contributed by atoms with Crippen molar-refractivity contribution in [2.24, 2.45) is 5.92 Å². The molecule has 0 aromatic heterocycles. The molecule has 148 valence electrons. The summed E-state index contributed by atoms with van der Waals surface area (Å²) in [5.41, 5.74) is 0.726. The van der Waals surface area contributed by atoms with Gasteiger partial charge in [-0.2, -0.15) is 4.31 Å². The second-order valence-corrected chi connectivity index (χ2v) is 9.45. The van der Waals surface area contributed by atoms with Crippen LogP contribution in [-0.2, 0) is 19.6 Å². The molecule has 2 aliphatic heterocycles. The zero-order chi connectivity index (χ0) is 19.6. The van der Waals surface area contributed by atoms with E-state index < -0.39 is 10.0 Å². The van der Waals surface area contributed by atoms with Crippen molar-refractivity contribution in [3.8, 4) is 0 Å². The molecule has 1 aromatic carbocycles. The first kappa shape index (κ1) is 19.8. The highest BCUT2D eigenvalue weighted by Gasteiger charge is 2.33. The zero-order valence-corrected chi connectivity index (χ0v) is 16.7. The molecule has 0 aliphatic carbocycles. The van der Waals surface area contributed by atoms with Crippen molar-refractivity contribution in [2.45, 2.75) is 50.5 Å². The van der Waals surface area contributed by atoms with Crippen LogP contribution in [0.1, 0.15) is 39.5 Å². The summed E-state index contributed by atoms with van der Waals surface area (Å²) in [4.78, 5) is 26.0. The molecule has 2 aliphatic rings. The lowest BCUT2D eigenvalue weighted by molar-refractivity contribution is -0.126. The molecular weight excluding hydrogens is 366 g/mol. The molecule has 7 nitrogen and oxygen atoms in total. The number of hydrogen-bond acceptors (Lipinski definition) is 4. The largest absolute Gasteiger partial charge is 0.354 e. The van der Waals surface area contributed by atoms with Gasteiger partial charge in [-0.25, -0.2) is 8.42 Å². The fraction of sp³-hybridized carbons (Fsp3) is 0.579. The molecule has 1 N–H and O–H groups in total. The summed E-state index contributed by atoms with van der Waals surface area (Å²) in [6.45, 7) is 5.07. The van der Waals surface area contributed by atoms with Gasteiger partial charge in [0.2, 0.25) is 21.8 Å². The highest BCUT2D eigenvalue weighted by molar-refractivity contribution is 7.89. The molecule has 1 aromatic rings. The van der Waals surface area contributed by atoms with Crippen LogP contribution >= 0.6 is 0 Å². The second kappa shape index (κ2) is 7.98.